The Balaban J connectivity index is 1.99. The summed E-state index contributed by atoms with van der Waals surface area (Å²) in [4.78, 5) is 10.9. The highest BCUT2D eigenvalue weighted by molar-refractivity contribution is 5.81. The molecule has 56 valence electrons. The van der Waals surface area contributed by atoms with Gasteiger partial charge in [-0.2, -0.15) is 0 Å². The van der Waals surface area contributed by atoms with Gasteiger partial charge in [0, 0.05) is 20.0 Å². The standard InChI is InChI=1S/C8H12O2/c1-10-8-3-5-2-6(9)4-7(5)8/h5,7-8H,2-4H2,1H3. The van der Waals surface area contributed by atoms with E-state index in [1.807, 2.05) is 0 Å². The van der Waals surface area contributed by atoms with Gasteiger partial charge in [-0.1, -0.05) is 0 Å². The van der Waals surface area contributed by atoms with Crippen molar-refractivity contribution in [1.82, 2.24) is 0 Å². The van der Waals surface area contributed by atoms with Crippen LogP contribution in [0.3, 0.4) is 0 Å². The number of ether oxygens (including phenoxy) is 1. The number of hydrogen-bond acceptors (Lipinski definition) is 2. The highest BCUT2D eigenvalue weighted by Crippen LogP contribution is 2.46. The Morgan fingerprint density at radius 2 is 2.30 bits per heavy atom. The highest BCUT2D eigenvalue weighted by atomic mass is 16.5. The average Bonchev–Trinajstić information content (AvgIpc) is 2.15. The van der Waals surface area contributed by atoms with Crippen LogP contribution in [0.2, 0.25) is 0 Å². The number of carbonyl (C=O) groups excluding carboxylic acids is 1. The zero-order valence-corrected chi connectivity index (χ0v) is 6.17. The lowest BCUT2D eigenvalue weighted by Crippen LogP contribution is -2.38. The highest BCUT2D eigenvalue weighted by Gasteiger charge is 2.47. The van der Waals surface area contributed by atoms with Crippen LogP contribution in [0.4, 0.5) is 0 Å². The van der Waals surface area contributed by atoms with Gasteiger partial charge in [0.15, 0.2) is 0 Å². The number of methoxy groups -OCH3 is 1. The second-order valence-electron chi connectivity index (χ2n) is 3.38. The molecule has 0 aromatic carbocycles. The molecule has 0 amide bonds. The lowest BCUT2D eigenvalue weighted by atomic mass is 9.73. The third-order valence-electron chi connectivity index (χ3n) is 2.87. The molecule has 10 heavy (non-hydrogen) atoms. The number of ketones is 1. The van der Waals surface area contributed by atoms with Gasteiger partial charge in [-0.15, -0.1) is 0 Å². The van der Waals surface area contributed by atoms with E-state index in [4.69, 9.17) is 4.74 Å². The molecular weight excluding hydrogens is 128 g/mol. The third-order valence-corrected chi connectivity index (χ3v) is 2.87. The molecule has 2 rings (SSSR count). The van der Waals surface area contributed by atoms with E-state index in [-0.39, 0.29) is 0 Å². The van der Waals surface area contributed by atoms with Gasteiger partial charge in [0.25, 0.3) is 0 Å². The molecule has 2 saturated carbocycles. The van der Waals surface area contributed by atoms with Crippen LogP contribution in [0.5, 0.6) is 0 Å². The molecule has 2 nitrogen and oxygen atoms in total. The predicted molar refractivity (Wildman–Crippen MR) is 36.6 cm³/mol. The molecular formula is C8H12O2. The van der Waals surface area contributed by atoms with Gasteiger partial charge in [-0.05, 0) is 18.3 Å². The number of Topliss-reactive ketones (excluding diaryl/α,β-unsaturated/α-hetero) is 1. The molecule has 0 N–H and O–H groups in total. The van der Waals surface area contributed by atoms with Crippen molar-refractivity contribution in [3.05, 3.63) is 0 Å². The lowest BCUT2D eigenvalue weighted by Gasteiger charge is -2.38. The molecule has 3 atom stereocenters. The molecule has 2 aliphatic rings. The number of carbonyl (C=O) groups is 1. The molecule has 0 aromatic rings. The zero-order chi connectivity index (χ0) is 7.14. The number of rotatable bonds is 1. The predicted octanol–water partition coefficient (Wildman–Crippen LogP) is 1.00. The second-order valence-corrected chi connectivity index (χ2v) is 3.38. The molecule has 0 bridgehead atoms. The third kappa shape index (κ3) is 0.717. The normalized spacial score (nSPS) is 44.9. The van der Waals surface area contributed by atoms with Crippen LogP contribution >= 0.6 is 0 Å². The van der Waals surface area contributed by atoms with E-state index in [1.54, 1.807) is 7.11 Å². The van der Waals surface area contributed by atoms with Crippen molar-refractivity contribution in [2.24, 2.45) is 11.8 Å². The Hall–Kier alpha value is -0.370. The van der Waals surface area contributed by atoms with Gasteiger partial charge < -0.3 is 4.74 Å². The smallest absolute Gasteiger partial charge is 0.133 e. The van der Waals surface area contributed by atoms with Crippen LogP contribution in [0.1, 0.15) is 19.3 Å². The molecule has 2 heteroatoms. The van der Waals surface area contributed by atoms with Gasteiger partial charge >= 0.3 is 0 Å². The van der Waals surface area contributed by atoms with Crippen LogP contribution < -0.4 is 0 Å². The first kappa shape index (κ1) is 6.35. The summed E-state index contributed by atoms with van der Waals surface area (Å²) in [6.07, 6.45) is 3.12. The number of fused-ring (bicyclic) bond motifs is 1. The van der Waals surface area contributed by atoms with Crippen LogP contribution in [0, 0.1) is 11.8 Å². The Morgan fingerprint density at radius 1 is 1.50 bits per heavy atom. The molecule has 0 aromatic heterocycles. The molecule has 0 aliphatic heterocycles. The van der Waals surface area contributed by atoms with Crippen molar-refractivity contribution >= 4 is 5.78 Å². The van der Waals surface area contributed by atoms with Crippen molar-refractivity contribution in [2.45, 2.75) is 25.4 Å². The summed E-state index contributed by atoms with van der Waals surface area (Å²) < 4.78 is 5.20. The minimum atomic E-state index is 0.399. The van der Waals surface area contributed by atoms with E-state index in [9.17, 15) is 4.79 Å². The maximum absolute atomic E-state index is 10.9. The fourth-order valence-electron chi connectivity index (χ4n) is 2.20. The first-order chi connectivity index (χ1) is 4.81. The monoisotopic (exact) mass is 140 g/mol. The summed E-state index contributed by atoms with van der Waals surface area (Å²) >= 11 is 0. The second kappa shape index (κ2) is 2.06. The molecule has 0 spiro atoms. The van der Waals surface area contributed by atoms with E-state index in [2.05, 4.69) is 0 Å². The van der Waals surface area contributed by atoms with Crippen LogP contribution in [0.15, 0.2) is 0 Å². The summed E-state index contributed by atoms with van der Waals surface area (Å²) in [5, 5.41) is 0. The Labute approximate surface area is 60.6 Å². The fourth-order valence-corrected chi connectivity index (χ4v) is 2.20. The van der Waals surface area contributed by atoms with Crippen LogP contribution in [-0.4, -0.2) is 19.0 Å². The largest absolute Gasteiger partial charge is 0.381 e. The average molecular weight is 140 g/mol. The van der Waals surface area contributed by atoms with Crippen molar-refractivity contribution in [3.8, 4) is 0 Å². The summed E-state index contributed by atoms with van der Waals surface area (Å²) in [6.45, 7) is 0. The summed E-state index contributed by atoms with van der Waals surface area (Å²) in [5.74, 6) is 1.70. The van der Waals surface area contributed by atoms with Crippen LogP contribution in [-0.2, 0) is 9.53 Å². The molecule has 0 radical (unpaired) electrons. The Kier molecular flexibility index (Phi) is 1.31. The van der Waals surface area contributed by atoms with Gasteiger partial charge in [0.05, 0.1) is 6.10 Å². The van der Waals surface area contributed by atoms with Gasteiger partial charge in [-0.3, -0.25) is 4.79 Å². The number of hydrogen-bond donors (Lipinski definition) is 0. The molecule has 3 unspecified atom stereocenters. The van der Waals surface area contributed by atoms with Crippen molar-refractivity contribution in [1.29, 1.82) is 0 Å². The van der Waals surface area contributed by atoms with E-state index >= 15 is 0 Å². The Bertz CT molecular complexity index is 165. The molecule has 2 aliphatic carbocycles. The minimum Gasteiger partial charge on any atom is -0.381 e. The molecule has 0 saturated heterocycles. The quantitative estimate of drug-likeness (QED) is 0.543. The van der Waals surface area contributed by atoms with E-state index in [0.29, 0.717) is 23.7 Å². The maximum atomic E-state index is 10.9. The fraction of sp³-hybridized carbons (Fsp3) is 0.875. The van der Waals surface area contributed by atoms with Crippen molar-refractivity contribution in [2.75, 3.05) is 7.11 Å². The zero-order valence-electron chi connectivity index (χ0n) is 6.17. The maximum Gasteiger partial charge on any atom is 0.133 e. The van der Waals surface area contributed by atoms with E-state index in [0.717, 1.165) is 19.3 Å². The van der Waals surface area contributed by atoms with Gasteiger partial charge in [0.2, 0.25) is 0 Å². The van der Waals surface area contributed by atoms with E-state index < -0.39 is 0 Å². The lowest BCUT2D eigenvalue weighted by molar-refractivity contribution is -0.117. The van der Waals surface area contributed by atoms with Crippen molar-refractivity contribution in [3.63, 3.8) is 0 Å². The molecule has 2 fully saturated rings. The summed E-state index contributed by atoms with van der Waals surface area (Å²) in [7, 11) is 1.74. The topological polar surface area (TPSA) is 26.3 Å². The molecule has 0 heterocycles. The van der Waals surface area contributed by atoms with Crippen LogP contribution in [0.25, 0.3) is 0 Å². The Morgan fingerprint density at radius 3 is 2.90 bits per heavy atom. The van der Waals surface area contributed by atoms with Gasteiger partial charge in [-0.25, -0.2) is 0 Å². The summed E-state index contributed by atoms with van der Waals surface area (Å²) in [5.41, 5.74) is 0. The van der Waals surface area contributed by atoms with Gasteiger partial charge in [0.1, 0.15) is 5.78 Å². The first-order valence-corrected chi connectivity index (χ1v) is 3.85. The van der Waals surface area contributed by atoms with E-state index in [1.165, 1.54) is 0 Å². The SMILES string of the molecule is COC1CC2CC(=O)CC21. The van der Waals surface area contributed by atoms with Crippen molar-refractivity contribution < 1.29 is 9.53 Å². The minimum absolute atomic E-state index is 0.399. The summed E-state index contributed by atoms with van der Waals surface area (Å²) in [6, 6.07) is 0. The first-order valence-electron chi connectivity index (χ1n) is 3.85.